The molecule has 1 unspecified atom stereocenters. The molecule has 3 rings (SSSR count). The van der Waals surface area contributed by atoms with Crippen molar-refractivity contribution >= 4 is 39.3 Å². The molecule has 1 N–H and O–H groups in total. The maximum absolute atomic E-state index is 13.3. The van der Waals surface area contributed by atoms with Crippen LogP contribution in [0.2, 0.25) is 5.02 Å². The van der Waals surface area contributed by atoms with Crippen LogP contribution in [0.25, 0.3) is 0 Å². The van der Waals surface area contributed by atoms with Crippen molar-refractivity contribution in [3.63, 3.8) is 0 Å². The number of ether oxygens (including phenoxy) is 2. The van der Waals surface area contributed by atoms with Crippen molar-refractivity contribution in [1.82, 2.24) is 10.2 Å². The first-order chi connectivity index (χ1) is 15.9. The molecule has 2 aromatic carbocycles. The van der Waals surface area contributed by atoms with E-state index in [1.807, 2.05) is 31.2 Å². The SMILES string of the molecule is CCC(C(=O)NC1CCCC1)N(Cc1ccc(OC)cc1)C(=O)COc1ccc(Br)cc1Cl. The van der Waals surface area contributed by atoms with Crippen LogP contribution < -0.4 is 14.8 Å². The summed E-state index contributed by atoms with van der Waals surface area (Å²) in [6.45, 7) is 1.99. The Hall–Kier alpha value is -2.25. The van der Waals surface area contributed by atoms with Gasteiger partial charge in [-0.3, -0.25) is 9.59 Å². The summed E-state index contributed by atoms with van der Waals surface area (Å²) in [5.41, 5.74) is 0.901. The van der Waals surface area contributed by atoms with E-state index >= 15 is 0 Å². The smallest absolute Gasteiger partial charge is 0.261 e. The van der Waals surface area contributed by atoms with Gasteiger partial charge in [0.2, 0.25) is 5.91 Å². The monoisotopic (exact) mass is 536 g/mol. The minimum Gasteiger partial charge on any atom is -0.497 e. The van der Waals surface area contributed by atoms with Gasteiger partial charge in [0, 0.05) is 17.1 Å². The van der Waals surface area contributed by atoms with Gasteiger partial charge in [0.15, 0.2) is 6.61 Å². The molecule has 0 heterocycles. The second-order valence-electron chi connectivity index (χ2n) is 8.15. The van der Waals surface area contributed by atoms with Gasteiger partial charge in [-0.15, -0.1) is 0 Å². The van der Waals surface area contributed by atoms with E-state index < -0.39 is 6.04 Å². The molecule has 1 saturated carbocycles. The zero-order valence-electron chi connectivity index (χ0n) is 19.0. The van der Waals surface area contributed by atoms with Crippen LogP contribution in [0.15, 0.2) is 46.9 Å². The molecule has 0 radical (unpaired) electrons. The molecule has 0 aromatic heterocycles. The van der Waals surface area contributed by atoms with Crippen LogP contribution in [0.5, 0.6) is 11.5 Å². The van der Waals surface area contributed by atoms with E-state index in [-0.39, 0.29) is 31.0 Å². The van der Waals surface area contributed by atoms with Crippen molar-refractivity contribution in [2.75, 3.05) is 13.7 Å². The first kappa shape index (κ1) is 25.4. The Labute approximate surface area is 208 Å². The topological polar surface area (TPSA) is 67.9 Å². The Morgan fingerprint density at radius 1 is 1.18 bits per heavy atom. The quantitative estimate of drug-likeness (QED) is 0.443. The summed E-state index contributed by atoms with van der Waals surface area (Å²) in [5.74, 6) is 0.753. The fourth-order valence-corrected chi connectivity index (χ4v) is 4.76. The molecule has 0 saturated heterocycles. The third-order valence-corrected chi connectivity index (χ3v) is 6.63. The van der Waals surface area contributed by atoms with Crippen LogP contribution in [-0.2, 0) is 16.1 Å². The molecule has 1 atom stereocenters. The molecular formula is C25H30BrClN2O4. The largest absolute Gasteiger partial charge is 0.497 e. The number of halogens is 2. The van der Waals surface area contributed by atoms with Crippen LogP contribution in [0.4, 0.5) is 0 Å². The summed E-state index contributed by atoms with van der Waals surface area (Å²) in [6.07, 6.45) is 4.72. The van der Waals surface area contributed by atoms with E-state index in [4.69, 9.17) is 21.1 Å². The molecule has 1 fully saturated rings. The number of carbonyl (C=O) groups excluding carboxylic acids is 2. The number of carbonyl (C=O) groups is 2. The van der Waals surface area contributed by atoms with Crippen molar-refractivity contribution in [1.29, 1.82) is 0 Å². The highest BCUT2D eigenvalue weighted by atomic mass is 79.9. The molecule has 1 aliphatic rings. The van der Waals surface area contributed by atoms with Gasteiger partial charge in [0.05, 0.1) is 12.1 Å². The van der Waals surface area contributed by atoms with Gasteiger partial charge in [-0.2, -0.15) is 0 Å². The molecule has 2 aromatic rings. The molecule has 6 nitrogen and oxygen atoms in total. The first-order valence-electron chi connectivity index (χ1n) is 11.2. The lowest BCUT2D eigenvalue weighted by molar-refractivity contribution is -0.143. The Bertz CT molecular complexity index is 948. The summed E-state index contributed by atoms with van der Waals surface area (Å²) >= 11 is 9.59. The van der Waals surface area contributed by atoms with Crippen molar-refractivity contribution in [2.24, 2.45) is 0 Å². The second-order valence-corrected chi connectivity index (χ2v) is 9.47. The van der Waals surface area contributed by atoms with Crippen LogP contribution in [-0.4, -0.2) is 42.5 Å². The number of hydrogen-bond donors (Lipinski definition) is 1. The molecule has 1 aliphatic carbocycles. The standard InChI is InChI=1S/C25H30BrClN2O4/c1-3-22(25(31)28-19-6-4-5-7-19)29(15-17-8-11-20(32-2)12-9-17)24(30)16-33-23-13-10-18(26)14-21(23)27/h8-14,19,22H,3-7,15-16H2,1-2H3,(H,28,31). The molecular weight excluding hydrogens is 508 g/mol. The minimum atomic E-state index is -0.593. The average Bonchev–Trinajstić information content (AvgIpc) is 3.31. The number of hydrogen-bond acceptors (Lipinski definition) is 4. The normalized spacial score (nSPS) is 14.5. The molecule has 0 spiro atoms. The molecule has 0 aliphatic heterocycles. The molecule has 8 heteroatoms. The highest BCUT2D eigenvalue weighted by Crippen LogP contribution is 2.28. The molecule has 178 valence electrons. The van der Waals surface area contributed by atoms with Gasteiger partial charge in [0.25, 0.3) is 5.91 Å². The molecule has 33 heavy (non-hydrogen) atoms. The third kappa shape index (κ3) is 7.11. The summed E-state index contributed by atoms with van der Waals surface area (Å²) in [4.78, 5) is 28.0. The van der Waals surface area contributed by atoms with E-state index in [2.05, 4.69) is 21.2 Å². The van der Waals surface area contributed by atoms with Crippen LogP contribution in [0, 0.1) is 0 Å². The summed E-state index contributed by atoms with van der Waals surface area (Å²) < 4.78 is 11.8. The highest BCUT2D eigenvalue weighted by Gasteiger charge is 2.31. The van der Waals surface area contributed by atoms with Crippen LogP contribution in [0.1, 0.15) is 44.6 Å². The van der Waals surface area contributed by atoms with Gasteiger partial charge < -0.3 is 19.7 Å². The van der Waals surface area contributed by atoms with Crippen molar-refractivity contribution in [3.8, 4) is 11.5 Å². The summed E-state index contributed by atoms with van der Waals surface area (Å²) in [5, 5.41) is 3.55. The van der Waals surface area contributed by atoms with Gasteiger partial charge in [-0.05, 0) is 55.2 Å². The summed E-state index contributed by atoms with van der Waals surface area (Å²) in [6, 6.07) is 12.3. The number of nitrogens with zero attached hydrogens (tertiary/aromatic N) is 1. The fraction of sp³-hybridized carbons (Fsp3) is 0.440. The number of nitrogens with one attached hydrogen (secondary N) is 1. The Morgan fingerprint density at radius 3 is 2.48 bits per heavy atom. The number of benzene rings is 2. The van der Waals surface area contributed by atoms with Gasteiger partial charge in [-0.1, -0.05) is 59.4 Å². The Kier molecular flexibility index (Phi) is 9.44. The van der Waals surface area contributed by atoms with Crippen molar-refractivity contribution in [3.05, 3.63) is 57.5 Å². The maximum atomic E-state index is 13.3. The summed E-state index contributed by atoms with van der Waals surface area (Å²) in [7, 11) is 1.61. The van der Waals surface area contributed by atoms with Gasteiger partial charge in [-0.25, -0.2) is 0 Å². The van der Waals surface area contributed by atoms with E-state index in [1.165, 1.54) is 0 Å². The lowest BCUT2D eigenvalue weighted by Crippen LogP contribution is -2.52. The maximum Gasteiger partial charge on any atom is 0.261 e. The lowest BCUT2D eigenvalue weighted by atomic mass is 10.1. The number of rotatable bonds is 10. The van der Waals surface area contributed by atoms with E-state index in [1.54, 1.807) is 30.2 Å². The molecule has 0 bridgehead atoms. The van der Waals surface area contributed by atoms with Crippen molar-refractivity contribution < 1.29 is 19.1 Å². The van der Waals surface area contributed by atoms with Gasteiger partial charge in [0.1, 0.15) is 17.5 Å². The third-order valence-electron chi connectivity index (χ3n) is 5.84. The van der Waals surface area contributed by atoms with Crippen LogP contribution >= 0.6 is 27.5 Å². The lowest BCUT2D eigenvalue weighted by Gasteiger charge is -2.31. The second kappa shape index (κ2) is 12.3. The highest BCUT2D eigenvalue weighted by molar-refractivity contribution is 9.10. The minimum absolute atomic E-state index is 0.118. The predicted molar refractivity (Wildman–Crippen MR) is 133 cm³/mol. The Balaban J connectivity index is 1.77. The average molecular weight is 538 g/mol. The van der Waals surface area contributed by atoms with E-state index in [0.29, 0.717) is 17.2 Å². The van der Waals surface area contributed by atoms with E-state index in [0.717, 1.165) is 41.5 Å². The number of methoxy groups -OCH3 is 1. The van der Waals surface area contributed by atoms with E-state index in [9.17, 15) is 9.59 Å². The fourth-order valence-electron chi connectivity index (χ4n) is 4.03. The number of amides is 2. The van der Waals surface area contributed by atoms with Crippen molar-refractivity contribution in [2.45, 2.75) is 57.7 Å². The van der Waals surface area contributed by atoms with Gasteiger partial charge >= 0.3 is 0 Å². The first-order valence-corrected chi connectivity index (χ1v) is 12.4. The zero-order valence-corrected chi connectivity index (χ0v) is 21.3. The Morgan fingerprint density at radius 2 is 1.88 bits per heavy atom. The molecule has 2 amide bonds. The zero-order chi connectivity index (χ0) is 23.8. The predicted octanol–water partition coefficient (Wildman–Crippen LogP) is 5.36. The van der Waals surface area contributed by atoms with Crippen LogP contribution in [0.3, 0.4) is 0 Å².